The molecule has 28 heavy (non-hydrogen) atoms. The molecule has 0 aromatic heterocycles. The van der Waals surface area contributed by atoms with Crippen molar-refractivity contribution in [3.05, 3.63) is 41.1 Å². The summed E-state index contributed by atoms with van der Waals surface area (Å²) in [6.07, 6.45) is 2.35. The SMILES string of the molecule is CN1CC[NH+](CC2C(O)CCC3C(=O)C(c4ccc(Cl)cc4)=COC32)CC1.[Br-]. The molecule has 2 N–H and O–H groups in total. The zero-order valence-corrected chi connectivity index (χ0v) is 18.5. The molecule has 1 aliphatic carbocycles. The summed E-state index contributed by atoms with van der Waals surface area (Å²) in [4.78, 5) is 17.0. The van der Waals surface area contributed by atoms with Crippen LogP contribution in [-0.4, -0.2) is 67.8 Å². The highest BCUT2D eigenvalue weighted by atomic mass is 79.9. The lowest BCUT2D eigenvalue weighted by atomic mass is 9.72. The van der Waals surface area contributed by atoms with Gasteiger partial charge in [-0.2, -0.15) is 0 Å². The number of carbonyl (C=O) groups is 1. The first kappa shape index (κ1) is 21.8. The van der Waals surface area contributed by atoms with Gasteiger partial charge >= 0.3 is 0 Å². The number of ether oxygens (including phenoxy) is 1. The van der Waals surface area contributed by atoms with Gasteiger partial charge in [-0.1, -0.05) is 23.7 Å². The first-order valence-electron chi connectivity index (χ1n) is 9.89. The minimum absolute atomic E-state index is 0. The molecule has 0 radical (unpaired) electrons. The Bertz CT molecular complexity index is 719. The highest BCUT2D eigenvalue weighted by Crippen LogP contribution is 2.39. The summed E-state index contributed by atoms with van der Waals surface area (Å²) in [5.74, 6) is -0.0195. The number of aliphatic hydroxyl groups is 1. The third kappa shape index (κ3) is 4.46. The summed E-state index contributed by atoms with van der Waals surface area (Å²) in [5, 5.41) is 11.3. The molecule has 1 saturated heterocycles. The van der Waals surface area contributed by atoms with E-state index in [4.69, 9.17) is 16.3 Å². The largest absolute Gasteiger partial charge is 1.00 e. The third-order valence-electron chi connectivity index (χ3n) is 6.41. The minimum atomic E-state index is -0.392. The van der Waals surface area contributed by atoms with Crippen molar-refractivity contribution >= 4 is 23.0 Å². The number of fused-ring (bicyclic) bond motifs is 1. The van der Waals surface area contributed by atoms with Crippen LogP contribution in [0.3, 0.4) is 0 Å². The van der Waals surface area contributed by atoms with Gasteiger partial charge in [0.1, 0.15) is 6.10 Å². The Morgan fingerprint density at radius 3 is 2.57 bits per heavy atom. The molecule has 4 atom stereocenters. The molecular weight excluding hydrogens is 444 g/mol. The monoisotopic (exact) mass is 470 g/mol. The molecule has 2 aliphatic heterocycles. The van der Waals surface area contributed by atoms with E-state index in [0.29, 0.717) is 23.4 Å². The van der Waals surface area contributed by atoms with E-state index in [1.807, 2.05) is 12.1 Å². The molecule has 154 valence electrons. The summed E-state index contributed by atoms with van der Waals surface area (Å²) in [6.45, 7) is 5.18. The van der Waals surface area contributed by atoms with E-state index in [-0.39, 0.29) is 40.7 Å². The van der Waals surface area contributed by atoms with Crippen LogP contribution in [0.4, 0.5) is 0 Å². The number of aliphatic hydroxyl groups excluding tert-OH is 1. The fourth-order valence-corrected chi connectivity index (χ4v) is 4.82. The fourth-order valence-electron chi connectivity index (χ4n) is 4.69. The van der Waals surface area contributed by atoms with E-state index in [1.165, 1.54) is 4.90 Å². The van der Waals surface area contributed by atoms with E-state index in [1.54, 1.807) is 18.4 Å². The molecule has 3 aliphatic rings. The van der Waals surface area contributed by atoms with E-state index < -0.39 is 6.10 Å². The average Bonchev–Trinajstić information content (AvgIpc) is 2.67. The van der Waals surface area contributed by atoms with Crippen LogP contribution in [0.1, 0.15) is 18.4 Å². The average molecular weight is 472 g/mol. The standard InChI is InChI=1S/C21H27ClN2O3.BrH/c1-23-8-10-24(11-9-23)12-17-19(25)7-6-16-20(26)18(13-27-21(16)17)14-2-4-15(22)5-3-14;/h2-5,13,16-17,19,21,25H,6-12H2,1H3;1H. The van der Waals surface area contributed by atoms with Gasteiger partial charge in [0.25, 0.3) is 0 Å². The number of hydrogen-bond acceptors (Lipinski definition) is 4. The predicted octanol–water partition coefficient (Wildman–Crippen LogP) is -2.13. The summed E-state index contributed by atoms with van der Waals surface area (Å²) in [7, 11) is 2.15. The van der Waals surface area contributed by atoms with E-state index in [2.05, 4.69) is 11.9 Å². The van der Waals surface area contributed by atoms with Crippen LogP contribution < -0.4 is 21.9 Å². The van der Waals surface area contributed by atoms with E-state index in [0.717, 1.165) is 38.3 Å². The minimum Gasteiger partial charge on any atom is -1.00 e. The summed E-state index contributed by atoms with van der Waals surface area (Å²) in [6, 6.07) is 7.31. The first-order valence-corrected chi connectivity index (χ1v) is 10.3. The number of halogens is 2. The number of Topliss-reactive ketones (excluding diaryl/α,β-unsaturated/α-hetero) is 1. The Morgan fingerprint density at radius 1 is 1.21 bits per heavy atom. The Hall–Kier alpha value is -0.920. The van der Waals surface area contributed by atoms with Crippen LogP contribution in [0.15, 0.2) is 30.5 Å². The number of nitrogens with one attached hydrogen (secondary N) is 1. The zero-order valence-electron chi connectivity index (χ0n) is 16.1. The molecule has 0 bridgehead atoms. The van der Waals surface area contributed by atoms with Crippen LogP contribution >= 0.6 is 11.6 Å². The molecule has 4 rings (SSSR count). The van der Waals surface area contributed by atoms with Gasteiger partial charge in [-0.25, -0.2) is 0 Å². The van der Waals surface area contributed by atoms with Crippen molar-refractivity contribution in [3.8, 4) is 0 Å². The lowest BCUT2D eigenvalue weighted by Gasteiger charge is -2.43. The summed E-state index contributed by atoms with van der Waals surface area (Å²) in [5.41, 5.74) is 1.46. The second kappa shape index (κ2) is 9.26. The van der Waals surface area contributed by atoms with Crippen molar-refractivity contribution in [2.75, 3.05) is 39.8 Å². The molecule has 7 heteroatoms. The molecule has 2 heterocycles. The number of allylic oxidation sites excluding steroid dienone is 1. The number of carbonyl (C=O) groups excluding carboxylic acids is 1. The Labute approximate surface area is 182 Å². The maximum atomic E-state index is 13.2. The van der Waals surface area contributed by atoms with Gasteiger partial charge in [-0.05, 0) is 37.6 Å². The van der Waals surface area contributed by atoms with Gasteiger partial charge < -0.3 is 31.7 Å². The molecule has 1 aromatic rings. The molecule has 4 unspecified atom stereocenters. The smallest absolute Gasteiger partial charge is 0.173 e. The number of rotatable bonds is 3. The molecule has 1 aromatic carbocycles. The van der Waals surface area contributed by atoms with Crippen molar-refractivity contribution in [2.45, 2.75) is 25.0 Å². The number of nitrogens with zero attached hydrogens (tertiary/aromatic N) is 1. The van der Waals surface area contributed by atoms with Crippen molar-refractivity contribution in [1.29, 1.82) is 0 Å². The second-order valence-corrected chi connectivity index (χ2v) is 8.61. The Balaban J connectivity index is 0.00000225. The maximum absolute atomic E-state index is 13.2. The molecule has 1 saturated carbocycles. The lowest BCUT2D eigenvalue weighted by molar-refractivity contribution is -0.908. The fraction of sp³-hybridized carbons (Fsp3) is 0.571. The number of likely N-dealkylation sites (N-methyl/N-ethyl adjacent to an activating group) is 1. The van der Waals surface area contributed by atoms with Crippen LogP contribution in [0.5, 0.6) is 0 Å². The van der Waals surface area contributed by atoms with Crippen molar-refractivity contribution < 1.29 is 36.5 Å². The molecule has 0 spiro atoms. The van der Waals surface area contributed by atoms with Gasteiger partial charge in [0.2, 0.25) is 0 Å². The summed E-state index contributed by atoms with van der Waals surface area (Å²) < 4.78 is 6.10. The quantitative estimate of drug-likeness (QED) is 0.529. The predicted molar refractivity (Wildman–Crippen MR) is 105 cm³/mol. The maximum Gasteiger partial charge on any atom is 0.173 e. The van der Waals surface area contributed by atoms with Crippen molar-refractivity contribution in [2.24, 2.45) is 11.8 Å². The highest BCUT2D eigenvalue weighted by molar-refractivity contribution is 6.30. The topological polar surface area (TPSA) is 54.2 Å². The first-order chi connectivity index (χ1) is 13.0. The van der Waals surface area contributed by atoms with Gasteiger partial charge in [-0.3, -0.25) is 9.69 Å². The van der Waals surface area contributed by atoms with E-state index >= 15 is 0 Å². The number of benzene rings is 1. The number of ketones is 1. The second-order valence-electron chi connectivity index (χ2n) is 8.18. The Kier molecular flexibility index (Phi) is 7.21. The molecule has 0 amide bonds. The van der Waals surface area contributed by atoms with Crippen LogP contribution in [0, 0.1) is 11.8 Å². The van der Waals surface area contributed by atoms with E-state index in [9.17, 15) is 9.90 Å². The van der Waals surface area contributed by atoms with Gasteiger partial charge in [0.05, 0.1) is 49.4 Å². The number of quaternary nitrogens is 1. The van der Waals surface area contributed by atoms with Crippen LogP contribution in [0.25, 0.3) is 5.57 Å². The third-order valence-corrected chi connectivity index (χ3v) is 6.66. The van der Waals surface area contributed by atoms with Gasteiger partial charge in [0, 0.05) is 18.1 Å². The van der Waals surface area contributed by atoms with Crippen molar-refractivity contribution in [1.82, 2.24) is 4.90 Å². The number of piperazine rings is 1. The van der Waals surface area contributed by atoms with Crippen LogP contribution in [-0.2, 0) is 9.53 Å². The van der Waals surface area contributed by atoms with Crippen molar-refractivity contribution in [3.63, 3.8) is 0 Å². The molecule has 5 nitrogen and oxygen atoms in total. The zero-order chi connectivity index (χ0) is 19.0. The Morgan fingerprint density at radius 2 is 1.89 bits per heavy atom. The number of hydrogen-bond donors (Lipinski definition) is 2. The van der Waals surface area contributed by atoms with Gasteiger partial charge in [-0.15, -0.1) is 0 Å². The molecular formula is C21H28BrClN2O3. The van der Waals surface area contributed by atoms with Gasteiger partial charge in [0.15, 0.2) is 5.78 Å². The molecule has 2 fully saturated rings. The van der Waals surface area contributed by atoms with Crippen LogP contribution in [0.2, 0.25) is 5.02 Å². The highest BCUT2D eigenvalue weighted by Gasteiger charge is 2.47. The normalized spacial score (nSPS) is 31.4. The summed E-state index contributed by atoms with van der Waals surface area (Å²) >= 11 is 5.97. The lowest BCUT2D eigenvalue weighted by Crippen LogP contribution is -3.15.